The summed E-state index contributed by atoms with van der Waals surface area (Å²) in [7, 11) is 0. The number of carboxylic acid groups (broad SMARTS) is 1. The van der Waals surface area contributed by atoms with Gasteiger partial charge in [-0.1, -0.05) is 12.1 Å². The molecule has 1 aromatic carbocycles. The monoisotopic (exact) mass is 266 g/mol. The first-order valence-electron chi connectivity index (χ1n) is 5.93. The second-order valence-corrected chi connectivity index (χ2v) is 4.12. The molecule has 0 aliphatic rings. The van der Waals surface area contributed by atoms with E-state index in [9.17, 15) is 9.59 Å². The Morgan fingerprint density at radius 3 is 2.53 bits per heavy atom. The highest BCUT2D eigenvalue weighted by Crippen LogP contribution is 2.13. The number of nitrogens with two attached hydrogens (primary N) is 1. The Balaban J connectivity index is 2.39. The number of carboxylic acids is 1. The zero-order valence-corrected chi connectivity index (χ0v) is 10.8. The van der Waals surface area contributed by atoms with Gasteiger partial charge in [0.05, 0.1) is 6.54 Å². The van der Waals surface area contributed by atoms with Gasteiger partial charge in [-0.2, -0.15) is 0 Å². The molecular formula is C13H18N2O4. The molecule has 0 radical (unpaired) electrons. The van der Waals surface area contributed by atoms with Crippen LogP contribution in [0.15, 0.2) is 24.3 Å². The predicted octanol–water partition coefficient (Wildman–Crippen LogP) is 0.156. The van der Waals surface area contributed by atoms with Crippen molar-refractivity contribution >= 4 is 11.9 Å². The summed E-state index contributed by atoms with van der Waals surface area (Å²) in [5.74, 6) is -0.449. The lowest BCUT2D eigenvalue weighted by Crippen LogP contribution is -2.32. The summed E-state index contributed by atoms with van der Waals surface area (Å²) in [5, 5.41) is 11.3. The molecule has 0 aliphatic heterocycles. The summed E-state index contributed by atoms with van der Waals surface area (Å²) in [5.41, 5.74) is 6.28. The van der Waals surface area contributed by atoms with Crippen molar-refractivity contribution in [3.05, 3.63) is 29.8 Å². The van der Waals surface area contributed by atoms with Gasteiger partial charge in [-0.3, -0.25) is 9.59 Å². The number of aliphatic carboxylic acids is 1. The van der Waals surface area contributed by atoms with Crippen molar-refractivity contribution in [1.82, 2.24) is 5.32 Å². The lowest BCUT2D eigenvalue weighted by molar-refractivity contribution is -0.138. The molecule has 0 bridgehead atoms. The molecule has 0 spiro atoms. The van der Waals surface area contributed by atoms with E-state index >= 15 is 0 Å². The van der Waals surface area contributed by atoms with E-state index in [1.54, 1.807) is 24.3 Å². The third-order valence-corrected chi connectivity index (χ3v) is 2.44. The Bertz CT molecular complexity index is 431. The maximum Gasteiger partial charge on any atom is 0.320 e. The number of ether oxygens (including phenoxy) is 1. The zero-order chi connectivity index (χ0) is 14.3. The molecule has 0 unspecified atom stereocenters. The predicted molar refractivity (Wildman–Crippen MR) is 69.9 cm³/mol. The number of carbonyl (C=O) groups is 2. The summed E-state index contributed by atoms with van der Waals surface area (Å²) in [6, 6.07) is 6.15. The van der Waals surface area contributed by atoms with E-state index in [-0.39, 0.29) is 12.3 Å². The van der Waals surface area contributed by atoms with Crippen LogP contribution in [0, 0.1) is 0 Å². The third kappa shape index (κ3) is 5.87. The number of benzene rings is 1. The van der Waals surface area contributed by atoms with Crippen molar-refractivity contribution in [3.8, 4) is 5.75 Å². The lowest BCUT2D eigenvalue weighted by atomic mass is 10.1. The third-order valence-electron chi connectivity index (χ3n) is 2.44. The molecule has 1 atom stereocenters. The van der Waals surface area contributed by atoms with Crippen molar-refractivity contribution in [1.29, 1.82) is 0 Å². The molecule has 1 aromatic rings. The van der Waals surface area contributed by atoms with Crippen molar-refractivity contribution in [2.75, 3.05) is 13.2 Å². The Kier molecular flexibility index (Phi) is 5.81. The van der Waals surface area contributed by atoms with E-state index in [4.69, 9.17) is 15.6 Å². The number of rotatable bonds is 7. The van der Waals surface area contributed by atoms with Crippen molar-refractivity contribution in [2.24, 2.45) is 5.73 Å². The minimum Gasteiger partial charge on any atom is -0.492 e. The van der Waals surface area contributed by atoms with Gasteiger partial charge in [0.15, 0.2) is 0 Å². The maximum absolute atomic E-state index is 10.6. The Morgan fingerprint density at radius 2 is 2.00 bits per heavy atom. The van der Waals surface area contributed by atoms with E-state index in [1.807, 2.05) is 0 Å². The van der Waals surface area contributed by atoms with Crippen LogP contribution < -0.4 is 15.8 Å². The van der Waals surface area contributed by atoms with Crippen molar-refractivity contribution in [3.63, 3.8) is 0 Å². The standard InChI is InChI=1S/C13H18N2O4/c1-9(16)15-6-7-19-11-4-2-10(3-5-11)8-12(14)13(17)18/h2-5,12H,6-8,14H2,1H3,(H,15,16)(H,17,18)/t12-/m0/s1. The number of carbonyl (C=O) groups excluding carboxylic acids is 1. The highest BCUT2D eigenvalue weighted by atomic mass is 16.5. The van der Waals surface area contributed by atoms with Crippen LogP contribution in [0.1, 0.15) is 12.5 Å². The van der Waals surface area contributed by atoms with Crippen molar-refractivity contribution in [2.45, 2.75) is 19.4 Å². The fourth-order valence-electron chi connectivity index (χ4n) is 1.46. The van der Waals surface area contributed by atoms with E-state index in [2.05, 4.69) is 5.32 Å². The van der Waals surface area contributed by atoms with Crippen LogP contribution in [0.3, 0.4) is 0 Å². The van der Waals surface area contributed by atoms with Gasteiger partial charge < -0.3 is 20.9 Å². The molecule has 4 N–H and O–H groups in total. The van der Waals surface area contributed by atoms with Gasteiger partial charge in [0, 0.05) is 6.92 Å². The van der Waals surface area contributed by atoms with Gasteiger partial charge in [0.25, 0.3) is 0 Å². The summed E-state index contributed by atoms with van der Waals surface area (Å²) >= 11 is 0. The number of hydrogen-bond donors (Lipinski definition) is 3. The van der Waals surface area contributed by atoms with Crippen LogP contribution in [0.5, 0.6) is 5.75 Å². The lowest BCUT2D eigenvalue weighted by Gasteiger charge is -2.09. The molecule has 0 fully saturated rings. The minimum atomic E-state index is -1.02. The topological polar surface area (TPSA) is 102 Å². The Morgan fingerprint density at radius 1 is 1.37 bits per heavy atom. The van der Waals surface area contributed by atoms with E-state index < -0.39 is 12.0 Å². The van der Waals surface area contributed by atoms with Crippen LogP contribution in [0.4, 0.5) is 0 Å². The van der Waals surface area contributed by atoms with Crippen LogP contribution in [0.2, 0.25) is 0 Å². The summed E-state index contributed by atoms with van der Waals surface area (Å²) in [6.45, 7) is 2.27. The van der Waals surface area contributed by atoms with E-state index in [0.29, 0.717) is 18.9 Å². The Labute approximate surface area is 111 Å². The molecule has 0 saturated heterocycles. The van der Waals surface area contributed by atoms with Crippen LogP contribution in [-0.2, 0) is 16.0 Å². The SMILES string of the molecule is CC(=O)NCCOc1ccc(C[C@H](N)C(=O)O)cc1. The molecule has 6 nitrogen and oxygen atoms in total. The molecule has 0 aromatic heterocycles. The second-order valence-electron chi connectivity index (χ2n) is 4.12. The van der Waals surface area contributed by atoms with E-state index in [0.717, 1.165) is 5.56 Å². The molecule has 104 valence electrons. The summed E-state index contributed by atoms with van der Waals surface area (Å²) in [6.07, 6.45) is 0.279. The second kappa shape index (κ2) is 7.38. The molecule has 19 heavy (non-hydrogen) atoms. The molecule has 1 amide bonds. The summed E-state index contributed by atoms with van der Waals surface area (Å²) < 4.78 is 5.40. The molecular weight excluding hydrogens is 248 g/mol. The van der Waals surface area contributed by atoms with Crippen molar-refractivity contribution < 1.29 is 19.4 Å². The van der Waals surface area contributed by atoms with Gasteiger partial charge in [-0.25, -0.2) is 0 Å². The minimum absolute atomic E-state index is 0.0957. The number of hydrogen-bond acceptors (Lipinski definition) is 4. The zero-order valence-electron chi connectivity index (χ0n) is 10.8. The average Bonchev–Trinajstić information content (AvgIpc) is 2.36. The van der Waals surface area contributed by atoms with Gasteiger partial charge in [-0.05, 0) is 24.1 Å². The normalized spacial score (nSPS) is 11.7. The Hall–Kier alpha value is -2.08. The van der Waals surface area contributed by atoms with E-state index in [1.165, 1.54) is 6.92 Å². The van der Waals surface area contributed by atoms with Crippen LogP contribution in [0.25, 0.3) is 0 Å². The van der Waals surface area contributed by atoms with Gasteiger partial charge >= 0.3 is 5.97 Å². The van der Waals surface area contributed by atoms with Crippen LogP contribution in [-0.4, -0.2) is 36.2 Å². The molecule has 0 saturated carbocycles. The average molecular weight is 266 g/mol. The van der Waals surface area contributed by atoms with Gasteiger partial charge in [0.1, 0.15) is 18.4 Å². The molecule has 6 heteroatoms. The fourth-order valence-corrected chi connectivity index (χ4v) is 1.46. The first kappa shape index (κ1) is 15.0. The first-order chi connectivity index (χ1) is 8.99. The maximum atomic E-state index is 10.6. The largest absolute Gasteiger partial charge is 0.492 e. The fraction of sp³-hybridized carbons (Fsp3) is 0.385. The highest BCUT2D eigenvalue weighted by molar-refractivity contribution is 5.73. The van der Waals surface area contributed by atoms with Gasteiger partial charge in [-0.15, -0.1) is 0 Å². The molecule has 1 rings (SSSR count). The molecule has 0 aliphatic carbocycles. The highest BCUT2D eigenvalue weighted by Gasteiger charge is 2.11. The summed E-state index contributed by atoms with van der Waals surface area (Å²) in [4.78, 5) is 21.2. The molecule has 0 heterocycles. The first-order valence-corrected chi connectivity index (χ1v) is 5.93. The quantitative estimate of drug-likeness (QED) is 0.610. The smallest absolute Gasteiger partial charge is 0.320 e. The van der Waals surface area contributed by atoms with Gasteiger partial charge in [0.2, 0.25) is 5.91 Å². The van der Waals surface area contributed by atoms with Crippen LogP contribution >= 0.6 is 0 Å². The number of nitrogens with one attached hydrogen (secondary N) is 1. The number of amides is 1.